The zero-order chi connectivity index (χ0) is 20.4. The van der Waals surface area contributed by atoms with Crippen molar-refractivity contribution in [3.8, 4) is 22.8 Å². The van der Waals surface area contributed by atoms with E-state index in [4.69, 9.17) is 14.5 Å². The standard InChI is InChI=1S/C20H17N5O4/c1-28-17-8-3-13(11-18(17)29-2)16-12-19-21-9-10-24(19)20(23-16)22-14-4-6-15(7-5-14)25(26)27/h3-12H,1-2H3,(H,22,23). The highest BCUT2D eigenvalue weighted by Gasteiger charge is 2.12. The summed E-state index contributed by atoms with van der Waals surface area (Å²) in [5.74, 6) is 1.75. The Kier molecular flexibility index (Phi) is 4.70. The van der Waals surface area contributed by atoms with Gasteiger partial charge in [0.1, 0.15) is 5.65 Å². The van der Waals surface area contributed by atoms with Crippen molar-refractivity contribution < 1.29 is 14.4 Å². The van der Waals surface area contributed by atoms with Gasteiger partial charge >= 0.3 is 0 Å². The Balaban J connectivity index is 1.75. The van der Waals surface area contributed by atoms with Gasteiger partial charge in [0.15, 0.2) is 11.5 Å². The number of fused-ring (bicyclic) bond motifs is 1. The summed E-state index contributed by atoms with van der Waals surface area (Å²) in [6.07, 6.45) is 3.46. The van der Waals surface area contributed by atoms with E-state index in [9.17, 15) is 10.1 Å². The number of aromatic nitrogens is 3. The lowest BCUT2D eigenvalue weighted by molar-refractivity contribution is -0.384. The monoisotopic (exact) mass is 391 g/mol. The van der Waals surface area contributed by atoms with Crippen LogP contribution in [0.3, 0.4) is 0 Å². The van der Waals surface area contributed by atoms with Crippen LogP contribution in [-0.2, 0) is 0 Å². The number of non-ortho nitro benzene ring substituents is 1. The van der Waals surface area contributed by atoms with E-state index in [0.29, 0.717) is 34.5 Å². The summed E-state index contributed by atoms with van der Waals surface area (Å²) in [4.78, 5) is 19.5. The van der Waals surface area contributed by atoms with Crippen molar-refractivity contribution in [3.05, 3.63) is 71.0 Å². The normalized spacial score (nSPS) is 10.7. The number of nitro benzene ring substituents is 1. The molecule has 0 unspecified atom stereocenters. The Morgan fingerprint density at radius 2 is 1.79 bits per heavy atom. The van der Waals surface area contributed by atoms with Gasteiger partial charge < -0.3 is 14.8 Å². The van der Waals surface area contributed by atoms with Crippen LogP contribution in [-0.4, -0.2) is 33.5 Å². The topological polar surface area (TPSA) is 104 Å². The number of methoxy groups -OCH3 is 2. The van der Waals surface area contributed by atoms with Gasteiger partial charge in [-0.15, -0.1) is 0 Å². The van der Waals surface area contributed by atoms with E-state index in [2.05, 4.69) is 10.3 Å². The molecule has 0 saturated heterocycles. The van der Waals surface area contributed by atoms with E-state index >= 15 is 0 Å². The van der Waals surface area contributed by atoms with Gasteiger partial charge in [-0.25, -0.2) is 9.97 Å². The summed E-state index contributed by atoms with van der Waals surface area (Å²) in [5.41, 5.74) is 2.92. The van der Waals surface area contributed by atoms with Crippen LogP contribution >= 0.6 is 0 Å². The molecule has 1 N–H and O–H groups in total. The Morgan fingerprint density at radius 1 is 1.03 bits per heavy atom. The van der Waals surface area contributed by atoms with Crippen molar-refractivity contribution in [2.24, 2.45) is 0 Å². The maximum atomic E-state index is 10.9. The first-order valence-corrected chi connectivity index (χ1v) is 8.67. The largest absolute Gasteiger partial charge is 0.493 e. The molecule has 0 aliphatic carbocycles. The minimum absolute atomic E-state index is 0.0235. The SMILES string of the molecule is COc1ccc(-c2cc3nccn3c(Nc3ccc([N+](=O)[O-])cc3)n2)cc1OC. The molecule has 146 valence electrons. The molecule has 9 nitrogen and oxygen atoms in total. The van der Waals surface area contributed by atoms with E-state index in [1.165, 1.54) is 12.1 Å². The molecule has 2 aromatic heterocycles. The van der Waals surface area contributed by atoms with Gasteiger partial charge in [0, 0.05) is 41.8 Å². The minimum Gasteiger partial charge on any atom is -0.493 e. The molecule has 0 aliphatic rings. The predicted molar refractivity (Wildman–Crippen MR) is 108 cm³/mol. The number of hydrogen-bond acceptors (Lipinski definition) is 7. The fourth-order valence-corrected chi connectivity index (χ4v) is 2.95. The molecule has 9 heteroatoms. The van der Waals surface area contributed by atoms with Crippen LogP contribution in [0, 0.1) is 10.1 Å². The molecule has 0 bridgehead atoms. The predicted octanol–water partition coefficient (Wildman–Crippen LogP) is 4.07. The first-order chi connectivity index (χ1) is 14.1. The minimum atomic E-state index is -0.437. The number of nitro groups is 1. The van der Waals surface area contributed by atoms with Gasteiger partial charge in [0.2, 0.25) is 5.95 Å². The van der Waals surface area contributed by atoms with Gasteiger partial charge in [-0.3, -0.25) is 14.5 Å². The zero-order valence-electron chi connectivity index (χ0n) is 15.7. The Morgan fingerprint density at radius 3 is 2.48 bits per heavy atom. The van der Waals surface area contributed by atoms with Crippen molar-refractivity contribution in [1.82, 2.24) is 14.4 Å². The van der Waals surface area contributed by atoms with Crippen LogP contribution in [0.25, 0.3) is 16.9 Å². The zero-order valence-corrected chi connectivity index (χ0v) is 15.7. The lowest BCUT2D eigenvalue weighted by Crippen LogP contribution is -2.03. The maximum absolute atomic E-state index is 10.9. The number of benzene rings is 2. The second kappa shape index (κ2) is 7.47. The summed E-state index contributed by atoms with van der Waals surface area (Å²) in [7, 11) is 3.16. The average Bonchev–Trinajstić information content (AvgIpc) is 3.22. The van der Waals surface area contributed by atoms with Crippen molar-refractivity contribution in [2.75, 3.05) is 19.5 Å². The molecule has 0 atom stereocenters. The number of anilines is 2. The van der Waals surface area contributed by atoms with Gasteiger partial charge in [-0.1, -0.05) is 0 Å². The third-order valence-corrected chi connectivity index (χ3v) is 4.40. The van der Waals surface area contributed by atoms with Crippen molar-refractivity contribution in [1.29, 1.82) is 0 Å². The highest BCUT2D eigenvalue weighted by Crippen LogP contribution is 2.32. The fourth-order valence-electron chi connectivity index (χ4n) is 2.95. The average molecular weight is 391 g/mol. The first-order valence-electron chi connectivity index (χ1n) is 8.67. The number of nitrogens with zero attached hydrogens (tertiary/aromatic N) is 4. The molecule has 4 rings (SSSR count). The van der Waals surface area contributed by atoms with Crippen molar-refractivity contribution >= 4 is 23.0 Å². The van der Waals surface area contributed by atoms with E-state index < -0.39 is 4.92 Å². The maximum Gasteiger partial charge on any atom is 0.269 e. The number of hydrogen-bond donors (Lipinski definition) is 1. The smallest absolute Gasteiger partial charge is 0.269 e. The van der Waals surface area contributed by atoms with Gasteiger partial charge in [0.25, 0.3) is 5.69 Å². The summed E-state index contributed by atoms with van der Waals surface area (Å²) >= 11 is 0. The Labute approximate surface area is 165 Å². The van der Waals surface area contributed by atoms with Crippen molar-refractivity contribution in [3.63, 3.8) is 0 Å². The molecule has 2 aromatic carbocycles. The van der Waals surface area contributed by atoms with E-state index in [-0.39, 0.29) is 5.69 Å². The molecule has 4 aromatic rings. The second-order valence-electron chi connectivity index (χ2n) is 6.12. The summed E-state index contributed by atoms with van der Waals surface area (Å²) < 4.78 is 12.5. The first kappa shape index (κ1) is 18.2. The van der Waals surface area contributed by atoms with Gasteiger partial charge in [-0.2, -0.15) is 0 Å². The van der Waals surface area contributed by atoms with Crippen molar-refractivity contribution in [2.45, 2.75) is 0 Å². The Hall–Kier alpha value is -4.14. The highest BCUT2D eigenvalue weighted by atomic mass is 16.6. The van der Waals surface area contributed by atoms with Gasteiger partial charge in [-0.05, 0) is 30.3 Å². The van der Waals surface area contributed by atoms with Gasteiger partial charge in [0.05, 0.1) is 24.8 Å². The lowest BCUT2D eigenvalue weighted by Gasteiger charge is -2.12. The molecule has 0 radical (unpaired) electrons. The van der Waals surface area contributed by atoms with E-state index in [1.54, 1.807) is 43.1 Å². The molecule has 0 amide bonds. The molecule has 29 heavy (non-hydrogen) atoms. The molecule has 0 spiro atoms. The lowest BCUT2D eigenvalue weighted by atomic mass is 10.1. The van der Waals surface area contributed by atoms with Crippen LogP contribution in [0.15, 0.2) is 60.9 Å². The van der Waals surface area contributed by atoms with Crippen LogP contribution < -0.4 is 14.8 Å². The summed E-state index contributed by atoms with van der Waals surface area (Å²) in [6, 6.07) is 13.5. The third-order valence-electron chi connectivity index (χ3n) is 4.40. The molecular weight excluding hydrogens is 374 g/mol. The fraction of sp³-hybridized carbons (Fsp3) is 0.100. The Bertz CT molecular complexity index is 1190. The van der Waals surface area contributed by atoms with Crippen LogP contribution in [0.5, 0.6) is 11.5 Å². The van der Waals surface area contributed by atoms with Crippen LogP contribution in [0.4, 0.5) is 17.3 Å². The molecular formula is C20H17N5O4. The second-order valence-corrected chi connectivity index (χ2v) is 6.12. The summed E-state index contributed by atoms with van der Waals surface area (Å²) in [6.45, 7) is 0. The molecule has 0 saturated carbocycles. The molecule has 0 fully saturated rings. The van der Waals surface area contributed by atoms with Crippen LogP contribution in [0.2, 0.25) is 0 Å². The number of nitrogens with one attached hydrogen (secondary N) is 1. The van der Waals surface area contributed by atoms with E-state index in [1.807, 2.05) is 24.3 Å². The van der Waals surface area contributed by atoms with E-state index in [0.717, 1.165) is 5.56 Å². The molecule has 2 heterocycles. The highest BCUT2D eigenvalue weighted by molar-refractivity contribution is 5.70. The number of rotatable bonds is 6. The van der Waals surface area contributed by atoms with Crippen LogP contribution in [0.1, 0.15) is 0 Å². The third kappa shape index (κ3) is 3.53. The molecule has 0 aliphatic heterocycles. The summed E-state index contributed by atoms with van der Waals surface area (Å²) in [5, 5.41) is 14.0. The number of ether oxygens (including phenoxy) is 2. The quantitative estimate of drug-likeness (QED) is 0.390. The number of imidazole rings is 1.